The molecule has 1 aliphatic heterocycles. The van der Waals surface area contributed by atoms with Crippen LogP contribution in [-0.2, 0) is 0 Å². The Kier molecular flexibility index (Phi) is 4.62. The fourth-order valence-corrected chi connectivity index (χ4v) is 1.94. The van der Waals surface area contributed by atoms with E-state index >= 15 is 0 Å². The van der Waals surface area contributed by atoms with Gasteiger partial charge in [-0.2, -0.15) is 0 Å². The Bertz CT molecular complexity index is 106. The fourth-order valence-electron chi connectivity index (χ4n) is 1.94. The van der Waals surface area contributed by atoms with Gasteiger partial charge in [-0.1, -0.05) is 0 Å². The van der Waals surface area contributed by atoms with Crippen LogP contribution in [0.25, 0.3) is 0 Å². The van der Waals surface area contributed by atoms with Crippen LogP contribution in [-0.4, -0.2) is 26.2 Å². The Morgan fingerprint density at radius 1 is 1.42 bits per heavy atom. The lowest BCUT2D eigenvalue weighted by molar-refractivity contribution is 0.383. The van der Waals surface area contributed by atoms with E-state index in [1.54, 1.807) is 0 Å². The predicted octanol–water partition coefficient (Wildman–Crippen LogP) is 1.37. The SMILES string of the molecule is CNC(C)CC1CCCNCC1. The summed E-state index contributed by atoms with van der Waals surface area (Å²) >= 11 is 0. The molecule has 2 atom stereocenters. The molecule has 1 heterocycles. The summed E-state index contributed by atoms with van der Waals surface area (Å²) in [5, 5.41) is 6.76. The molecule has 1 saturated heterocycles. The molecule has 2 heteroatoms. The summed E-state index contributed by atoms with van der Waals surface area (Å²) in [5.41, 5.74) is 0. The molecule has 2 nitrogen and oxygen atoms in total. The van der Waals surface area contributed by atoms with E-state index in [0.717, 1.165) is 5.92 Å². The molecule has 0 aromatic rings. The molecule has 72 valence electrons. The first-order valence-corrected chi connectivity index (χ1v) is 5.21. The zero-order valence-corrected chi connectivity index (χ0v) is 8.40. The van der Waals surface area contributed by atoms with Crippen LogP contribution >= 0.6 is 0 Å². The van der Waals surface area contributed by atoms with Crippen LogP contribution < -0.4 is 10.6 Å². The van der Waals surface area contributed by atoms with Crippen LogP contribution in [0.15, 0.2) is 0 Å². The molecule has 1 fully saturated rings. The van der Waals surface area contributed by atoms with E-state index in [4.69, 9.17) is 0 Å². The van der Waals surface area contributed by atoms with Crippen LogP contribution in [0.1, 0.15) is 32.6 Å². The van der Waals surface area contributed by atoms with Gasteiger partial charge < -0.3 is 10.6 Å². The molecule has 0 aliphatic carbocycles. The Morgan fingerprint density at radius 2 is 2.25 bits per heavy atom. The third-order valence-corrected chi connectivity index (χ3v) is 2.87. The standard InChI is InChI=1S/C10H22N2/c1-9(11-2)8-10-4-3-6-12-7-5-10/h9-12H,3-8H2,1-2H3. The summed E-state index contributed by atoms with van der Waals surface area (Å²) in [6, 6.07) is 0.688. The van der Waals surface area contributed by atoms with Crippen molar-refractivity contribution in [2.45, 2.75) is 38.6 Å². The average Bonchev–Trinajstić information content (AvgIpc) is 2.33. The quantitative estimate of drug-likeness (QED) is 0.668. The summed E-state index contributed by atoms with van der Waals surface area (Å²) in [7, 11) is 2.06. The first-order valence-electron chi connectivity index (χ1n) is 5.21. The minimum atomic E-state index is 0.688. The van der Waals surface area contributed by atoms with Crippen molar-refractivity contribution in [2.24, 2.45) is 5.92 Å². The molecule has 0 spiro atoms. The molecule has 0 amide bonds. The molecule has 0 aromatic carbocycles. The van der Waals surface area contributed by atoms with Crippen LogP contribution in [0.4, 0.5) is 0 Å². The molecule has 2 unspecified atom stereocenters. The highest BCUT2D eigenvalue weighted by Crippen LogP contribution is 2.18. The average molecular weight is 170 g/mol. The smallest absolute Gasteiger partial charge is 0.00383 e. The normalized spacial score (nSPS) is 28.0. The Labute approximate surface area is 76.1 Å². The number of hydrogen-bond donors (Lipinski definition) is 2. The van der Waals surface area contributed by atoms with Gasteiger partial charge in [-0.25, -0.2) is 0 Å². The van der Waals surface area contributed by atoms with Crippen molar-refractivity contribution in [2.75, 3.05) is 20.1 Å². The van der Waals surface area contributed by atoms with Crippen molar-refractivity contribution in [3.63, 3.8) is 0 Å². The third-order valence-electron chi connectivity index (χ3n) is 2.87. The van der Waals surface area contributed by atoms with E-state index in [0.29, 0.717) is 6.04 Å². The molecule has 1 rings (SSSR count). The van der Waals surface area contributed by atoms with Crippen molar-refractivity contribution < 1.29 is 0 Å². The maximum atomic E-state index is 3.45. The molecule has 2 N–H and O–H groups in total. The van der Waals surface area contributed by atoms with E-state index in [-0.39, 0.29) is 0 Å². The highest BCUT2D eigenvalue weighted by atomic mass is 14.9. The summed E-state index contributed by atoms with van der Waals surface area (Å²) in [5.74, 6) is 0.947. The second-order valence-electron chi connectivity index (χ2n) is 3.97. The van der Waals surface area contributed by atoms with E-state index in [1.807, 2.05) is 0 Å². The number of hydrogen-bond acceptors (Lipinski definition) is 2. The summed E-state index contributed by atoms with van der Waals surface area (Å²) in [6.45, 7) is 4.73. The first-order chi connectivity index (χ1) is 5.83. The van der Waals surface area contributed by atoms with Gasteiger partial charge in [0.2, 0.25) is 0 Å². The lowest BCUT2D eigenvalue weighted by Crippen LogP contribution is -2.24. The van der Waals surface area contributed by atoms with Gasteiger partial charge in [0.05, 0.1) is 0 Å². The van der Waals surface area contributed by atoms with Crippen molar-refractivity contribution in [3.05, 3.63) is 0 Å². The third kappa shape index (κ3) is 3.55. The maximum Gasteiger partial charge on any atom is 0.00383 e. The zero-order valence-electron chi connectivity index (χ0n) is 8.40. The van der Waals surface area contributed by atoms with E-state index in [1.165, 1.54) is 38.8 Å². The topological polar surface area (TPSA) is 24.1 Å². The van der Waals surface area contributed by atoms with Gasteiger partial charge >= 0.3 is 0 Å². The summed E-state index contributed by atoms with van der Waals surface area (Å²) < 4.78 is 0. The van der Waals surface area contributed by atoms with E-state index < -0.39 is 0 Å². The minimum absolute atomic E-state index is 0.688. The molecule has 12 heavy (non-hydrogen) atoms. The Morgan fingerprint density at radius 3 is 3.00 bits per heavy atom. The highest BCUT2D eigenvalue weighted by molar-refractivity contribution is 4.71. The van der Waals surface area contributed by atoms with Crippen LogP contribution in [0.3, 0.4) is 0 Å². The van der Waals surface area contributed by atoms with Gasteiger partial charge in [0.25, 0.3) is 0 Å². The Hall–Kier alpha value is -0.0800. The van der Waals surface area contributed by atoms with Gasteiger partial charge in [-0.15, -0.1) is 0 Å². The molecule has 1 aliphatic rings. The first kappa shape index (κ1) is 10.0. The fraction of sp³-hybridized carbons (Fsp3) is 1.00. The maximum absolute atomic E-state index is 3.45. The molecule has 0 bridgehead atoms. The van der Waals surface area contributed by atoms with Crippen molar-refractivity contribution in [1.82, 2.24) is 10.6 Å². The largest absolute Gasteiger partial charge is 0.317 e. The molecular formula is C10H22N2. The second-order valence-corrected chi connectivity index (χ2v) is 3.97. The van der Waals surface area contributed by atoms with Crippen LogP contribution in [0, 0.1) is 5.92 Å². The van der Waals surface area contributed by atoms with Gasteiger partial charge in [0.15, 0.2) is 0 Å². The monoisotopic (exact) mass is 170 g/mol. The molecule has 0 saturated carbocycles. The van der Waals surface area contributed by atoms with Crippen LogP contribution in [0.2, 0.25) is 0 Å². The number of rotatable bonds is 3. The summed E-state index contributed by atoms with van der Waals surface area (Å²) in [4.78, 5) is 0. The molecular weight excluding hydrogens is 148 g/mol. The van der Waals surface area contributed by atoms with Gasteiger partial charge in [-0.3, -0.25) is 0 Å². The molecule has 0 aromatic heterocycles. The van der Waals surface area contributed by atoms with Crippen LogP contribution in [0.5, 0.6) is 0 Å². The number of nitrogens with one attached hydrogen (secondary N) is 2. The minimum Gasteiger partial charge on any atom is -0.317 e. The van der Waals surface area contributed by atoms with Crippen molar-refractivity contribution >= 4 is 0 Å². The molecule has 0 radical (unpaired) electrons. The predicted molar refractivity (Wildman–Crippen MR) is 53.3 cm³/mol. The zero-order chi connectivity index (χ0) is 8.81. The van der Waals surface area contributed by atoms with E-state index in [2.05, 4.69) is 24.6 Å². The highest BCUT2D eigenvalue weighted by Gasteiger charge is 2.13. The summed E-state index contributed by atoms with van der Waals surface area (Å²) in [6.07, 6.45) is 5.49. The van der Waals surface area contributed by atoms with Gasteiger partial charge in [0, 0.05) is 6.04 Å². The lowest BCUT2D eigenvalue weighted by Gasteiger charge is -2.18. The van der Waals surface area contributed by atoms with Gasteiger partial charge in [-0.05, 0) is 58.7 Å². The Balaban J connectivity index is 2.20. The van der Waals surface area contributed by atoms with Gasteiger partial charge in [0.1, 0.15) is 0 Å². The second kappa shape index (κ2) is 5.55. The van der Waals surface area contributed by atoms with Crippen molar-refractivity contribution in [1.29, 1.82) is 0 Å². The van der Waals surface area contributed by atoms with E-state index in [9.17, 15) is 0 Å². The lowest BCUT2D eigenvalue weighted by atomic mass is 9.93. The van der Waals surface area contributed by atoms with Crippen molar-refractivity contribution in [3.8, 4) is 0 Å².